The molecule has 0 amide bonds. The molecule has 3 nitrogen and oxygen atoms in total. The number of ether oxygens (including phenoxy) is 1. The summed E-state index contributed by atoms with van der Waals surface area (Å²) >= 11 is 3.34. The molecule has 0 heterocycles. The smallest absolute Gasteiger partial charge is 0.331 e. The van der Waals surface area contributed by atoms with Gasteiger partial charge in [-0.1, -0.05) is 49.1 Å². The summed E-state index contributed by atoms with van der Waals surface area (Å²) in [7, 11) is 0. The number of hydrogen-bond acceptors (Lipinski definition) is 3. The Morgan fingerprint density at radius 3 is 2.55 bits per heavy atom. The van der Waals surface area contributed by atoms with Crippen molar-refractivity contribution >= 4 is 27.7 Å². The molecule has 0 bridgehead atoms. The number of alkyl halides is 1. The fourth-order valence-electron chi connectivity index (χ4n) is 1.81. The van der Waals surface area contributed by atoms with Crippen LogP contribution in [0.2, 0.25) is 0 Å². The van der Waals surface area contributed by atoms with E-state index in [1.807, 2.05) is 18.2 Å². The van der Waals surface area contributed by atoms with Crippen molar-refractivity contribution in [3.63, 3.8) is 0 Å². The summed E-state index contributed by atoms with van der Waals surface area (Å²) in [5, 5.41) is 0. The van der Waals surface area contributed by atoms with Crippen LogP contribution in [0, 0.1) is 0 Å². The number of rotatable bonds is 4. The Morgan fingerprint density at radius 1 is 1.30 bits per heavy atom. The average Bonchev–Trinajstić information content (AvgIpc) is 2.48. The third-order valence-electron chi connectivity index (χ3n) is 2.85. The molecule has 1 aromatic rings. The molecule has 0 aliphatic heterocycles. The van der Waals surface area contributed by atoms with E-state index in [2.05, 4.69) is 22.5 Å². The second-order valence-electron chi connectivity index (χ2n) is 4.30. The number of esters is 1. The molecule has 1 aromatic carbocycles. The van der Waals surface area contributed by atoms with Crippen molar-refractivity contribution in [2.24, 2.45) is 0 Å². The van der Waals surface area contributed by atoms with Crippen LogP contribution in [0.4, 0.5) is 0 Å². The van der Waals surface area contributed by atoms with Crippen molar-refractivity contribution < 1.29 is 14.3 Å². The fourth-order valence-corrected chi connectivity index (χ4v) is 2.26. The number of benzene rings is 1. The van der Waals surface area contributed by atoms with Crippen LogP contribution in [0.5, 0.6) is 0 Å². The highest BCUT2D eigenvalue weighted by Gasteiger charge is 2.29. The van der Waals surface area contributed by atoms with Gasteiger partial charge in [0.25, 0.3) is 0 Å². The first-order valence-electron chi connectivity index (χ1n) is 6.07. The van der Waals surface area contributed by atoms with Crippen molar-refractivity contribution in [3.05, 3.63) is 72.4 Å². The van der Waals surface area contributed by atoms with E-state index in [0.29, 0.717) is 17.6 Å². The quantitative estimate of drug-likeness (QED) is 0.366. The lowest BCUT2D eigenvalue weighted by Gasteiger charge is -2.25. The fraction of sp³-hybridized carbons (Fsp3) is 0.125. The van der Waals surface area contributed by atoms with Crippen LogP contribution < -0.4 is 0 Å². The molecule has 0 aromatic heterocycles. The lowest BCUT2D eigenvalue weighted by atomic mass is 9.97. The van der Waals surface area contributed by atoms with E-state index in [1.165, 1.54) is 0 Å². The number of Topliss-reactive ketones (excluding diaryl/α,β-unsaturated/α-hetero) is 1. The zero-order chi connectivity index (χ0) is 14.6. The molecule has 102 valence electrons. The van der Waals surface area contributed by atoms with Crippen molar-refractivity contribution in [3.8, 4) is 0 Å². The minimum absolute atomic E-state index is 0.0496. The van der Waals surface area contributed by atoms with Crippen LogP contribution in [0.3, 0.4) is 0 Å². The normalized spacial score (nSPS) is 20.9. The monoisotopic (exact) mass is 332 g/mol. The van der Waals surface area contributed by atoms with Crippen molar-refractivity contribution in [1.82, 2.24) is 0 Å². The van der Waals surface area contributed by atoms with Gasteiger partial charge in [-0.2, -0.15) is 0 Å². The topological polar surface area (TPSA) is 43.4 Å². The van der Waals surface area contributed by atoms with E-state index in [0.717, 1.165) is 6.08 Å². The van der Waals surface area contributed by atoms with Gasteiger partial charge < -0.3 is 4.74 Å². The lowest BCUT2D eigenvalue weighted by Crippen LogP contribution is -2.26. The molecular formula is C16H13BrO3. The Hall–Kier alpha value is -1.94. The van der Waals surface area contributed by atoms with Gasteiger partial charge in [-0.25, -0.2) is 4.79 Å². The standard InChI is InChI=1S/C16H13BrO3/c1-2-14(18)20-16(17)10-8-13(9-11-16)15(19)12-6-4-3-5-7-12/h2-10H,1,11H2. The van der Waals surface area contributed by atoms with Crippen LogP contribution in [-0.4, -0.2) is 16.3 Å². The van der Waals surface area contributed by atoms with E-state index in [-0.39, 0.29) is 5.78 Å². The summed E-state index contributed by atoms with van der Waals surface area (Å²) in [5.41, 5.74) is 1.22. The first kappa shape index (κ1) is 14.5. The molecule has 0 spiro atoms. The van der Waals surface area contributed by atoms with E-state index < -0.39 is 10.5 Å². The van der Waals surface area contributed by atoms with E-state index in [9.17, 15) is 9.59 Å². The van der Waals surface area contributed by atoms with E-state index >= 15 is 0 Å². The Bertz CT molecular complexity index is 601. The van der Waals surface area contributed by atoms with Crippen molar-refractivity contribution in [2.45, 2.75) is 10.9 Å². The second kappa shape index (κ2) is 6.01. The molecule has 1 aliphatic carbocycles. The first-order valence-corrected chi connectivity index (χ1v) is 6.87. The maximum Gasteiger partial charge on any atom is 0.331 e. The van der Waals surface area contributed by atoms with E-state index in [4.69, 9.17) is 4.74 Å². The van der Waals surface area contributed by atoms with Gasteiger partial charge >= 0.3 is 5.97 Å². The third-order valence-corrected chi connectivity index (χ3v) is 3.60. The molecule has 20 heavy (non-hydrogen) atoms. The average molecular weight is 333 g/mol. The summed E-state index contributed by atoms with van der Waals surface area (Å²) < 4.78 is 4.27. The van der Waals surface area contributed by atoms with Gasteiger partial charge in [-0.15, -0.1) is 0 Å². The van der Waals surface area contributed by atoms with Crippen molar-refractivity contribution in [1.29, 1.82) is 0 Å². The van der Waals surface area contributed by atoms with Gasteiger partial charge in [0.05, 0.1) is 0 Å². The summed E-state index contributed by atoms with van der Waals surface area (Å²) in [5.74, 6) is -0.566. The molecule has 0 saturated carbocycles. The molecular weight excluding hydrogens is 320 g/mol. The Balaban J connectivity index is 2.11. The van der Waals surface area contributed by atoms with Crippen LogP contribution >= 0.6 is 15.9 Å². The van der Waals surface area contributed by atoms with E-state index in [1.54, 1.807) is 30.4 Å². The Kier molecular flexibility index (Phi) is 4.35. The SMILES string of the molecule is C=CC(=O)OC1(Br)C=CC(C(=O)c2ccccc2)=CC1. The maximum absolute atomic E-state index is 12.2. The first-order chi connectivity index (χ1) is 9.54. The molecule has 1 unspecified atom stereocenters. The summed E-state index contributed by atoms with van der Waals surface area (Å²) in [4.78, 5) is 23.5. The predicted molar refractivity (Wildman–Crippen MR) is 80.6 cm³/mol. The molecule has 4 heteroatoms. The van der Waals surface area contributed by atoms with Gasteiger partial charge in [-0.3, -0.25) is 4.79 Å². The summed E-state index contributed by atoms with van der Waals surface area (Å²) in [6.45, 7) is 3.35. The number of halogens is 1. The van der Waals surface area contributed by atoms with Gasteiger partial charge in [0.1, 0.15) is 0 Å². The third kappa shape index (κ3) is 3.33. The predicted octanol–water partition coefficient (Wildman–Crippen LogP) is 3.58. The lowest BCUT2D eigenvalue weighted by molar-refractivity contribution is -0.142. The number of carbonyl (C=O) groups excluding carboxylic acids is 2. The second-order valence-corrected chi connectivity index (χ2v) is 5.65. The number of hydrogen-bond donors (Lipinski definition) is 0. The minimum atomic E-state index is -0.904. The zero-order valence-corrected chi connectivity index (χ0v) is 12.3. The molecule has 0 N–H and O–H groups in total. The van der Waals surface area contributed by atoms with Crippen LogP contribution in [0.1, 0.15) is 16.8 Å². The van der Waals surface area contributed by atoms with Crippen LogP contribution in [-0.2, 0) is 9.53 Å². The van der Waals surface area contributed by atoms with Gasteiger partial charge in [-0.05, 0) is 22.0 Å². The van der Waals surface area contributed by atoms with Crippen LogP contribution in [0.15, 0.2) is 66.8 Å². The molecule has 1 atom stereocenters. The Morgan fingerprint density at radius 2 is 2.00 bits per heavy atom. The highest BCUT2D eigenvalue weighted by Crippen LogP contribution is 2.32. The molecule has 2 rings (SSSR count). The van der Waals surface area contributed by atoms with Gasteiger partial charge in [0, 0.05) is 23.6 Å². The Labute approximate surface area is 125 Å². The molecule has 0 saturated heterocycles. The molecule has 0 fully saturated rings. The number of allylic oxidation sites excluding steroid dienone is 2. The van der Waals surface area contributed by atoms with Gasteiger partial charge in [0.15, 0.2) is 10.3 Å². The maximum atomic E-state index is 12.2. The highest BCUT2D eigenvalue weighted by molar-refractivity contribution is 9.10. The van der Waals surface area contributed by atoms with Crippen molar-refractivity contribution in [2.75, 3.05) is 0 Å². The number of ketones is 1. The largest absolute Gasteiger partial charge is 0.440 e. The summed E-state index contributed by atoms with van der Waals surface area (Å²) in [6.07, 6.45) is 6.55. The van der Waals surface area contributed by atoms with Gasteiger partial charge in [0.2, 0.25) is 0 Å². The molecule has 1 aliphatic rings. The highest BCUT2D eigenvalue weighted by atomic mass is 79.9. The molecule has 0 radical (unpaired) electrons. The summed E-state index contributed by atoms with van der Waals surface area (Å²) in [6, 6.07) is 9.04. The van der Waals surface area contributed by atoms with Crippen LogP contribution in [0.25, 0.3) is 0 Å². The zero-order valence-electron chi connectivity index (χ0n) is 10.7. The minimum Gasteiger partial charge on any atom is -0.440 e. The number of carbonyl (C=O) groups is 2.